The van der Waals surface area contributed by atoms with E-state index in [4.69, 9.17) is 14.2 Å². The van der Waals surface area contributed by atoms with Crippen molar-refractivity contribution in [3.05, 3.63) is 48.0 Å². The summed E-state index contributed by atoms with van der Waals surface area (Å²) in [4.78, 5) is 12.6. The standard InChI is InChI=1S/C24H29N3O4S/c1-6-10-21(23(28)31-7-2)32-24-26-25-22(27(24)18-12-9-8-11-16(18)3)17-13-14-19(29-4)20(15-17)30-5/h8-9,11-15,21H,6-7,10H2,1-5H3/t21-/m1/s1. The van der Waals surface area contributed by atoms with Crippen LogP contribution in [0.25, 0.3) is 17.1 Å². The minimum Gasteiger partial charge on any atom is -0.493 e. The molecule has 0 unspecified atom stereocenters. The zero-order chi connectivity index (χ0) is 23.1. The summed E-state index contributed by atoms with van der Waals surface area (Å²) < 4.78 is 18.1. The Morgan fingerprint density at radius 1 is 1.06 bits per heavy atom. The Labute approximate surface area is 193 Å². The summed E-state index contributed by atoms with van der Waals surface area (Å²) in [5.74, 6) is 1.67. The Bertz CT molecular complexity index is 1070. The average molecular weight is 456 g/mol. The van der Waals surface area contributed by atoms with E-state index in [1.165, 1.54) is 11.8 Å². The molecule has 0 amide bonds. The first-order valence-corrected chi connectivity index (χ1v) is 11.5. The monoisotopic (exact) mass is 455 g/mol. The molecule has 2 aromatic carbocycles. The maximum atomic E-state index is 12.6. The second-order valence-electron chi connectivity index (χ2n) is 7.15. The van der Waals surface area contributed by atoms with Crippen LogP contribution in [-0.4, -0.2) is 46.8 Å². The van der Waals surface area contributed by atoms with Crippen LogP contribution in [0.4, 0.5) is 0 Å². The van der Waals surface area contributed by atoms with Gasteiger partial charge in [0.2, 0.25) is 0 Å². The van der Waals surface area contributed by atoms with Crippen LogP contribution in [0.5, 0.6) is 11.5 Å². The van der Waals surface area contributed by atoms with Gasteiger partial charge in [-0.2, -0.15) is 0 Å². The van der Waals surface area contributed by atoms with Crippen LogP contribution in [0.2, 0.25) is 0 Å². The van der Waals surface area contributed by atoms with Crippen molar-refractivity contribution in [2.24, 2.45) is 0 Å². The number of methoxy groups -OCH3 is 2. The lowest BCUT2D eigenvalue weighted by molar-refractivity contribution is -0.142. The minimum absolute atomic E-state index is 0.230. The Morgan fingerprint density at radius 3 is 2.47 bits per heavy atom. The van der Waals surface area contributed by atoms with Crippen molar-refractivity contribution < 1.29 is 19.0 Å². The fraction of sp³-hybridized carbons (Fsp3) is 0.375. The second kappa shape index (κ2) is 11.0. The van der Waals surface area contributed by atoms with Gasteiger partial charge in [-0.1, -0.05) is 43.3 Å². The van der Waals surface area contributed by atoms with Crippen molar-refractivity contribution in [1.29, 1.82) is 0 Å². The first kappa shape index (κ1) is 23.7. The quantitative estimate of drug-likeness (QED) is 0.311. The number of thioether (sulfide) groups is 1. The molecule has 1 atom stereocenters. The number of benzene rings is 2. The van der Waals surface area contributed by atoms with Gasteiger partial charge in [0.05, 0.1) is 26.5 Å². The van der Waals surface area contributed by atoms with Crippen molar-refractivity contribution in [2.45, 2.75) is 44.0 Å². The van der Waals surface area contributed by atoms with Crippen molar-refractivity contribution in [3.63, 3.8) is 0 Å². The van der Waals surface area contributed by atoms with Gasteiger partial charge in [-0.25, -0.2) is 0 Å². The maximum absolute atomic E-state index is 12.6. The topological polar surface area (TPSA) is 75.5 Å². The SMILES string of the molecule is CCC[C@@H](Sc1nnc(-c2ccc(OC)c(OC)c2)n1-c1ccccc1C)C(=O)OCC. The van der Waals surface area contributed by atoms with Crippen molar-refractivity contribution in [1.82, 2.24) is 14.8 Å². The van der Waals surface area contributed by atoms with Crippen LogP contribution in [0.15, 0.2) is 47.6 Å². The summed E-state index contributed by atoms with van der Waals surface area (Å²) in [5, 5.41) is 9.24. The Morgan fingerprint density at radius 2 is 1.81 bits per heavy atom. The molecule has 0 fully saturated rings. The van der Waals surface area contributed by atoms with Crippen LogP contribution >= 0.6 is 11.8 Å². The van der Waals surface area contributed by atoms with Crippen molar-refractivity contribution in [2.75, 3.05) is 20.8 Å². The normalized spacial score (nSPS) is 11.8. The number of para-hydroxylation sites is 1. The van der Waals surface area contributed by atoms with E-state index < -0.39 is 0 Å². The highest BCUT2D eigenvalue weighted by Crippen LogP contribution is 2.36. The van der Waals surface area contributed by atoms with E-state index in [9.17, 15) is 4.79 Å². The van der Waals surface area contributed by atoms with E-state index in [-0.39, 0.29) is 11.2 Å². The van der Waals surface area contributed by atoms with Gasteiger partial charge in [0, 0.05) is 5.56 Å². The molecule has 1 heterocycles. The van der Waals surface area contributed by atoms with E-state index in [0.29, 0.717) is 35.5 Å². The number of carbonyl (C=O) groups is 1. The van der Waals surface area contributed by atoms with Gasteiger partial charge in [0.25, 0.3) is 0 Å². The van der Waals surface area contributed by atoms with Crippen LogP contribution in [0.3, 0.4) is 0 Å². The lowest BCUT2D eigenvalue weighted by Crippen LogP contribution is -2.21. The minimum atomic E-state index is -0.356. The molecule has 0 aliphatic heterocycles. The molecule has 0 saturated carbocycles. The molecule has 32 heavy (non-hydrogen) atoms. The molecule has 0 aliphatic rings. The molecule has 0 saturated heterocycles. The second-order valence-corrected chi connectivity index (χ2v) is 8.31. The van der Waals surface area contributed by atoms with Crippen LogP contribution in [0.1, 0.15) is 32.3 Å². The van der Waals surface area contributed by atoms with Gasteiger partial charge >= 0.3 is 5.97 Å². The van der Waals surface area contributed by atoms with E-state index in [1.54, 1.807) is 14.2 Å². The molecule has 0 bridgehead atoms. The van der Waals surface area contributed by atoms with Gasteiger partial charge in [0.1, 0.15) is 5.25 Å². The third-order valence-corrected chi connectivity index (χ3v) is 6.17. The molecule has 0 spiro atoms. The summed E-state index contributed by atoms with van der Waals surface area (Å²) in [6, 6.07) is 13.7. The number of rotatable bonds is 10. The fourth-order valence-corrected chi connectivity index (χ4v) is 4.54. The summed E-state index contributed by atoms with van der Waals surface area (Å²) >= 11 is 1.38. The summed E-state index contributed by atoms with van der Waals surface area (Å²) in [7, 11) is 3.20. The zero-order valence-corrected chi connectivity index (χ0v) is 19.9. The smallest absolute Gasteiger partial charge is 0.319 e. The first-order valence-electron chi connectivity index (χ1n) is 10.6. The number of aryl methyl sites for hydroxylation is 1. The highest BCUT2D eigenvalue weighted by Gasteiger charge is 2.26. The molecule has 3 aromatic rings. The first-order chi connectivity index (χ1) is 15.5. The number of carbonyl (C=O) groups excluding carboxylic acids is 1. The lowest BCUT2D eigenvalue weighted by atomic mass is 10.1. The number of esters is 1. The fourth-order valence-electron chi connectivity index (χ4n) is 3.39. The van der Waals surface area contributed by atoms with Gasteiger partial charge < -0.3 is 14.2 Å². The highest BCUT2D eigenvalue weighted by atomic mass is 32.2. The summed E-state index contributed by atoms with van der Waals surface area (Å²) in [5.41, 5.74) is 2.84. The molecule has 3 rings (SSSR count). The van der Waals surface area contributed by atoms with Gasteiger partial charge in [-0.05, 0) is 50.1 Å². The van der Waals surface area contributed by atoms with Gasteiger partial charge in [-0.15, -0.1) is 10.2 Å². The predicted octanol–water partition coefficient (Wildman–Crippen LogP) is 5.08. The zero-order valence-electron chi connectivity index (χ0n) is 19.1. The van der Waals surface area contributed by atoms with E-state index in [0.717, 1.165) is 23.2 Å². The molecular weight excluding hydrogens is 426 g/mol. The molecule has 8 heteroatoms. The lowest BCUT2D eigenvalue weighted by Gasteiger charge is -2.17. The molecule has 0 radical (unpaired) electrons. The number of nitrogens with zero attached hydrogens (tertiary/aromatic N) is 3. The Kier molecular flexibility index (Phi) is 8.16. The third kappa shape index (κ3) is 5.07. The largest absolute Gasteiger partial charge is 0.493 e. The average Bonchev–Trinajstić information content (AvgIpc) is 3.22. The van der Waals surface area contributed by atoms with E-state index in [2.05, 4.69) is 10.2 Å². The molecular formula is C24H29N3O4S. The van der Waals surface area contributed by atoms with Crippen LogP contribution in [0, 0.1) is 6.92 Å². The molecule has 0 aliphatic carbocycles. The summed E-state index contributed by atoms with van der Waals surface area (Å²) in [6.45, 7) is 6.25. The Balaban J connectivity index is 2.13. The van der Waals surface area contributed by atoms with Crippen molar-refractivity contribution in [3.8, 4) is 28.6 Å². The van der Waals surface area contributed by atoms with Gasteiger partial charge in [0.15, 0.2) is 22.5 Å². The Hall–Kier alpha value is -3.00. The molecule has 1 aromatic heterocycles. The van der Waals surface area contributed by atoms with E-state index in [1.807, 2.05) is 67.8 Å². The number of aromatic nitrogens is 3. The molecule has 170 valence electrons. The molecule has 7 nitrogen and oxygen atoms in total. The van der Waals surface area contributed by atoms with Gasteiger partial charge in [-0.3, -0.25) is 9.36 Å². The highest BCUT2D eigenvalue weighted by molar-refractivity contribution is 8.00. The molecule has 0 N–H and O–H groups in total. The van der Waals surface area contributed by atoms with Crippen LogP contribution in [-0.2, 0) is 9.53 Å². The maximum Gasteiger partial charge on any atom is 0.319 e. The number of hydrogen-bond acceptors (Lipinski definition) is 7. The van der Waals surface area contributed by atoms with Crippen molar-refractivity contribution >= 4 is 17.7 Å². The predicted molar refractivity (Wildman–Crippen MR) is 126 cm³/mol. The van der Waals surface area contributed by atoms with Crippen LogP contribution < -0.4 is 9.47 Å². The van der Waals surface area contributed by atoms with E-state index >= 15 is 0 Å². The number of ether oxygens (including phenoxy) is 3. The number of hydrogen-bond donors (Lipinski definition) is 0. The summed E-state index contributed by atoms with van der Waals surface area (Å²) in [6.07, 6.45) is 1.55. The third-order valence-electron chi connectivity index (χ3n) is 4.98.